The summed E-state index contributed by atoms with van der Waals surface area (Å²) in [6.45, 7) is 4.61. The molecule has 100 valence electrons. The van der Waals surface area contributed by atoms with Gasteiger partial charge in [-0.05, 0) is 32.1 Å². The molecule has 0 aliphatic carbocycles. The van der Waals surface area contributed by atoms with Gasteiger partial charge in [-0.2, -0.15) is 0 Å². The van der Waals surface area contributed by atoms with E-state index in [0.29, 0.717) is 24.3 Å². The molecule has 2 atom stereocenters. The van der Waals surface area contributed by atoms with Crippen LogP contribution in [0.3, 0.4) is 0 Å². The lowest BCUT2D eigenvalue weighted by Crippen LogP contribution is -2.38. The predicted molar refractivity (Wildman–Crippen MR) is 70.8 cm³/mol. The van der Waals surface area contributed by atoms with E-state index >= 15 is 0 Å². The third-order valence-corrected chi connectivity index (χ3v) is 4.97. The van der Waals surface area contributed by atoms with Crippen molar-refractivity contribution in [3.05, 3.63) is 0 Å². The molecule has 0 aromatic rings. The first-order chi connectivity index (χ1) is 7.93. The Morgan fingerprint density at radius 3 is 2.88 bits per heavy atom. The van der Waals surface area contributed by atoms with Gasteiger partial charge in [0, 0.05) is 12.6 Å². The fraction of sp³-hybridized carbons (Fsp3) is 0.909. The molecule has 5 nitrogen and oxygen atoms in total. The monoisotopic (exact) mass is 261 g/mol. The van der Waals surface area contributed by atoms with Crippen molar-refractivity contribution in [3.63, 3.8) is 0 Å². The highest BCUT2D eigenvalue weighted by Crippen LogP contribution is 2.18. The van der Waals surface area contributed by atoms with Crippen molar-refractivity contribution in [2.45, 2.75) is 39.2 Å². The van der Waals surface area contributed by atoms with Crippen LogP contribution in [0.25, 0.3) is 0 Å². The fourth-order valence-corrected chi connectivity index (χ4v) is 3.65. The van der Waals surface area contributed by atoms with Gasteiger partial charge >= 0.3 is 0 Å². The van der Waals surface area contributed by atoms with E-state index in [4.69, 9.17) is 5.73 Å². The van der Waals surface area contributed by atoms with Crippen LogP contribution in [0.5, 0.6) is 0 Å². The standard InChI is InChI=1S/C11H23N3O2S/c1-3-9(2)14-11(12)13-7-10-5-4-6-17(15,16)8-10/h9-10H,3-8H2,1-2H3,(H3,12,13,14). The second kappa shape index (κ2) is 6.23. The minimum atomic E-state index is -2.84. The molecule has 17 heavy (non-hydrogen) atoms. The zero-order valence-electron chi connectivity index (χ0n) is 10.6. The fourth-order valence-electron chi connectivity index (χ4n) is 1.89. The molecule has 0 aromatic carbocycles. The summed E-state index contributed by atoms with van der Waals surface area (Å²) in [6.07, 6.45) is 2.66. The molecule has 3 N–H and O–H groups in total. The van der Waals surface area contributed by atoms with Crippen LogP contribution in [0.15, 0.2) is 4.99 Å². The minimum Gasteiger partial charge on any atom is -0.370 e. The van der Waals surface area contributed by atoms with Crippen LogP contribution < -0.4 is 11.1 Å². The third-order valence-electron chi connectivity index (χ3n) is 3.08. The number of sulfone groups is 1. The van der Waals surface area contributed by atoms with Crippen molar-refractivity contribution >= 4 is 15.8 Å². The maximum Gasteiger partial charge on any atom is 0.188 e. The summed E-state index contributed by atoms with van der Waals surface area (Å²) < 4.78 is 22.9. The van der Waals surface area contributed by atoms with Crippen molar-refractivity contribution in [2.75, 3.05) is 18.1 Å². The average molecular weight is 261 g/mol. The van der Waals surface area contributed by atoms with Crippen molar-refractivity contribution < 1.29 is 8.42 Å². The van der Waals surface area contributed by atoms with Crippen molar-refractivity contribution in [2.24, 2.45) is 16.6 Å². The third kappa shape index (κ3) is 5.39. The molecule has 6 heteroatoms. The van der Waals surface area contributed by atoms with Crippen molar-refractivity contribution in [1.29, 1.82) is 0 Å². The molecule has 2 unspecified atom stereocenters. The number of aliphatic imine (C=N–C) groups is 1. The van der Waals surface area contributed by atoms with E-state index in [1.54, 1.807) is 0 Å². The predicted octanol–water partition coefficient (Wildman–Crippen LogP) is 0.514. The van der Waals surface area contributed by atoms with Crippen LogP contribution in [-0.2, 0) is 9.84 Å². The van der Waals surface area contributed by atoms with Gasteiger partial charge in [-0.3, -0.25) is 4.99 Å². The Kier molecular flexibility index (Phi) is 5.24. The lowest BCUT2D eigenvalue weighted by molar-refractivity contribution is 0.492. The van der Waals surface area contributed by atoms with Gasteiger partial charge in [0.2, 0.25) is 0 Å². The topological polar surface area (TPSA) is 84.5 Å². The molecular weight excluding hydrogens is 238 g/mol. The number of nitrogens with two attached hydrogens (primary N) is 1. The van der Waals surface area contributed by atoms with Gasteiger partial charge in [0.25, 0.3) is 0 Å². The minimum absolute atomic E-state index is 0.131. The molecule has 0 amide bonds. The average Bonchev–Trinajstić information content (AvgIpc) is 2.25. The highest BCUT2D eigenvalue weighted by molar-refractivity contribution is 7.91. The molecule has 1 fully saturated rings. The summed E-state index contributed by atoms with van der Waals surface area (Å²) in [7, 11) is -2.84. The summed E-state index contributed by atoms with van der Waals surface area (Å²) in [6, 6.07) is 0.300. The molecule has 1 heterocycles. The zero-order chi connectivity index (χ0) is 12.9. The number of hydrogen-bond donors (Lipinski definition) is 2. The van der Waals surface area contributed by atoms with Crippen LogP contribution in [0.4, 0.5) is 0 Å². The van der Waals surface area contributed by atoms with Crippen LogP contribution in [0.1, 0.15) is 33.1 Å². The SMILES string of the molecule is CCC(C)NC(N)=NCC1CCCS(=O)(=O)C1. The molecule has 0 aromatic heterocycles. The van der Waals surface area contributed by atoms with E-state index in [-0.39, 0.29) is 11.7 Å². The Morgan fingerprint density at radius 1 is 1.59 bits per heavy atom. The highest BCUT2D eigenvalue weighted by Gasteiger charge is 2.24. The first kappa shape index (κ1) is 14.3. The summed E-state index contributed by atoms with van der Waals surface area (Å²) in [4.78, 5) is 4.22. The first-order valence-corrected chi connectivity index (χ1v) is 8.02. The summed E-state index contributed by atoms with van der Waals surface area (Å²) in [5.41, 5.74) is 5.72. The van der Waals surface area contributed by atoms with Crippen LogP contribution in [0, 0.1) is 5.92 Å². The zero-order valence-corrected chi connectivity index (χ0v) is 11.5. The van der Waals surface area contributed by atoms with Crippen LogP contribution >= 0.6 is 0 Å². The Bertz CT molecular complexity index is 365. The maximum absolute atomic E-state index is 11.4. The highest BCUT2D eigenvalue weighted by atomic mass is 32.2. The Labute approximate surface area is 104 Å². The molecule has 1 aliphatic heterocycles. The Balaban J connectivity index is 2.41. The van der Waals surface area contributed by atoms with Crippen LogP contribution in [-0.4, -0.2) is 38.5 Å². The van der Waals surface area contributed by atoms with Crippen molar-refractivity contribution in [3.8, 4) is 0 Å². The molecular formula is C11H23N3O2S. The molecule has 1 rings (SSSR count). The van der Waals surface area contributed by atoms with Gasteiger partial charge in [-0.1, -0.05) is 6.92 Å². The maximum atomic E-state index is 11.4. The second-order valence-electron chi connectivity index (χ2n) is 4.80. The van der Waals surface area contributed by atoms with Crippen molar-refractivity contribution in [1.82, 2.24) is 5.32 Å². The number of guanidine groups is 1. The molecule has 1 saturated heterocycles. The molecule has 0 saturated carbocycles. The van der Waals surface area contributed by atoms with Crippen LogP contribution in [0.2, 0.25) is 0 Å². The van der Waals surface area contributed by atoms with Gasteiger partial charge in [-0.15, -0.1) is 0 Å². The molecule has 0 radical (unpaired) electrons. The van der Waals surface area contributed by atoms with E-state index in [1.807, 2.05) is 6.92 Å². The van der Waals surface area contributed by atoms with Gasteiger partial charge in [0.1, 0.15) is 0 Å². The van der Waals surface area contributed by atoms with E-state index in [2.05, 4.69) is 17.2 Å². The normalized spacial score (nSPS) is 26.5. The van der Waals surface area contributed by atoms with E-state index in [9.17, 15) is 8.42 Å². The Hall–Kier alpha value is -0.780. The quantitative estimate of drug-likeness (QED) is 0.570. The number of hydrogen-bond acceptors (Lipinski definition) is 3. The van der Waals surface area contributed by atoms with Gasteiger partial charge in [-0.25, -0.2) is 8.42 Å². The molecule has 1 aliphatic rings. The summed E-state index contributed by atoms with van der Waals surface area (Å²) >= 11 is 0. The van der Waals surface area contributed by atoms with E-state index in [0.717, 1.165) is 19.3 Å². The lowest BCUT2D eigenvalue weighted by Gasteiger charge is -2.20. The summed E-state index contributed by atoms with van der Waals surface area (Å²) in [5, 5.41) is 3.07. The van der Waals surface area contributed by atoms with Gasteiger partial charge in [0.15, 0.2) is 15.8 Å². The van der Waals surface area contributed by atoms with E-state index < -0.39 is 9.84 Å². The van der Waals surface area contributed by atoms with Gasteiger partial charge < -0.3 is 11.1 Å². The molecule has 0 bridgehead atoms. The van der Waals surface area contributed by atoms with Gasteiger partial charge in [0.05, 0.1) is 11.5 Å². The number of nitrogens with one attached hydrogen (secondary N) is 1. The lowest BCUT2D eigenvalue weighted by atomic mass is 10.1. The largest absolute Gasteiger partial charge is 0.370 e. The number of nitrogens with zero attached hydrogens (tertiary/aromatic N) is 1. The first-order valence-electron chi connectivity index (χ1n) is 6.20. The Morgan fingerprint density at radius 2 is 2.29 bits per heavy atom. The molecule has 0 spiro atoms. The smallest absolute Gasteiger partial charge is 0.188 e. The second-order valence-corrected chi connectivity index (χ2v) is 7.03. The van der Waals surface area contributed by atoms with E-state index in [1.165, 1.54) is 0 Å². The number of rotatable bonds is 4. The summed E-state index contributed by atoms with van der Waals surface area (Å²) in [5.74, 6) is 1.13.